The molecular weight excluding hydrogens is 468 g/mol. The van der Waals surface area contributed by atoms with Crippen molar-refractivity contribution >= 4 is 29.6 Å². The van der Waals surface area contributed by atoms with Crippen LogP contribution in [0.1, 0.15) is 42.0 Å². The van der Waals surface area contributed by atoms with Crippen molar-refractivity contribution in [1.29, 1.82) is 0 Å². The van der Waals surface area contributed by atoms with Gasteiger partial charge in [0.15, 0.2) is 0 Å². The monoisotopic (exact) mass is 492 g/mol. The molecule has 0 aliphatic heterocycles. The van der Waals surface area contributed by atoms with Gasteiger partial charge in [-0.05, 0) is 40.8 Å². The number of carboxylic acid groups (broad SMARTS) is 1. The third-order valence-corrected chi connectivity index (χ3v) is 6.41. The third kappa shape index (κ3) is 5.46. The summed E-state index contributed by atoms with van der Waals surface area (Å²) in [5.41, 5.74) is 4.96. The van der Waals surface area contributed by atoms with Crippen molar-refractivity contribution in [3.8, 4) is 11.1 Å². The average Bonchev–Trinajstić information content (AvgIpc) is 3.16. The fraction of sp³-hybridized carbons (Fsp3) is 0.222. The molecule has 7 nitrogen and oxygen atoms in total. The molecule has 1 aliphatic carbocycles. The Kier molecular flexibility index (Phi) is 7.36. The lowest BCUT2D eigenvalue weighted by Gasteiger charge is -2.21. The van der Waals surface area contributed by atoms with E-state index in [-0.39, 0.29) is 12.5 Å². The minimum atomic E-state index is -1.31. The molecule has 2 amide bonds. The number of nitrogens with one attached hydrogen (secondary N) is 2. The number of ether oxygens (including phenoxy) is 1. The van der Waals surface area contributed by atoms with Crippen LogP contribution in [-0.4, -0.2) is 35.7 Å². The van der Waals surface area contributed by atoms with Crippen molar-refractivity contribution in [3.63, 3.8) is 0 Å². The summed E-state index contributed by atoms with van der Waals surface area (Å²) in [4.78, 5) is 36.8. The molecule has 0 heterocycles. The highest BCUT2D eigenvalue weighted by Crippen LogP contribution is 2.44. The molecule has 0 aromatic heterocycles. The number of rotatable bonds is 8. The van der Waals surface area contributed by atoms with E-state index in [1.165, 1.54) is 0 Å². The maximum absolute atomic E-state index is 12.8. The normalized spacial score (nSPS) is 13.8. The van der Waals surface area contributed by atoms with Gasteiger partial charge >= 0.3 is 12.1 Å². The summed E-state index contributed by atoms with van der Waals surface area (Å²) in [6, 6.07) is 21.1. The number of carbonyl (C=O) groups is 3. The topological polar surface area (TPSA) is 105 Å². The Balaban J connectivity index is 1.42. The molecule has 0 saturated carbocycles. The number of amides is 2. The summed E-state index contributed by atoms with van der Waals surface area (Å²) in [5.74, 6) is -2.03. The molecule has 3 aromatic carbocycles. The Hall–Kier alpha value is -3.84. The van der Waals surface area contributed by atoms with Crippen molar-refractivity contribution < 1.29 is 24.2 Å². The van der Waals surface area contributed by atoms with Gasteiger partial charge in [0.05, 0.1) is 12.5 Å². The van der Waals surface area contributed by atoms with E-state index in [1.807, 2.05) is 48.5 Å². The molecular formula is C27H25ClN2O5. The largest absolute Gasteiger partial charge is 0.481 e. The molecule has 8 heteroatoms. The van der Waals surface area contributed by atoms with Crippen LogP contribution in [0.5, 0.6) is 0 Å². The van der Waals surface area contributed by atoms with Gasteiger partial charge in [-0.15, -0.1) is 0 Å². The molecule has 180 valence electrons. The molecule has 0 saturated heterocycles. The van der Waals surface area contributed by atoms with Crippen molar-refractivity contribution in [2.75, 3.05) is 6.61 Å². The number of carboxylic acids is 1. The average molecular weight is 493 g/mol. The summed E-state index contributed by atoms with van der Waals surface area (Å²) in [6.07, 6.45) is -1.45. The fourth-order valence-corrected chi connectivity index (χ4v) is 4.68. The lowest BCUT2D eigenvalue weighted by molar-refractivity contribution is -0.140. The van der Waals surface area contributed by atoms with E-state index in [0.717, 1.165) is 22.3 Å². The van der Waals surface area contributed by atoms with Gasteiger partial charge in [0.2, 0.25) is 5.91 Å². The molecule has 2 atom stereocenters. The van der Waals surface area contributed by atoms with Crippen molar-refractivity contribution in [2.45, 2.75) is 31.3 Å². The van der Waals surface area contributed by atoms with E-state index < -0.39 is 36.5 Å². The molecule has 4 rings (SSSR count). The van der Waals surface area contributed by atoms with Crippen molar-refractivity contribution in [1.82, 2.24) is 10.6 Å². The minimum Gasteiger partial charge on any atom is -0.481 e. The lowest BCUT2D eigenvalue weighted by atomic mass is 9.98. The second kappa shape index (κ2) is 10.6. The van der Waals surface area contributed by atoms with Crippen LogP contribution < -0.4 is 10.6 Å². The van der Waals surface area contributed by atoms with Crippen molar-refractivity contribution in [2.24, 2.45) is 0 Å². The van der Waals surface area contributed by atoms with E-state index in [2.05, 4.69) is 10.6 Å². The summed E-state index contributed by atoms with van der Waals surface area (Å²) in [7, 11) is 0. The van der Waals surface area contributed by atoms with Crippen LogP contribution in [0.15, 0.2) is 72.8 Å². The Morgan fingerprint density at radius 1 is 0.914 bits per heavy atom. The first-order chi connectivity index (χ1) is 16.8. The molecule has 0 radical (unpaired) electrons. The maximum atomic E-state index is 12.8. The first-order valence-electron chi connectivity index (χ1n) is 11.2. The summed E-state index contributed by atoms with van der Waals surface area (Å²) in [5, 5.41) is 14.9. The summed E-state index contributed by atoms with van der Waals surface area (Å²) in [6.45, 7) is 1.78. The predicted octanol–water partition coefficient (Wildman–Crippen LogP) is 4.90. The van der Waals surface area contributed by atoms with Gasteiger partial charge in [-0.3, -0.25) is 9.59 Å². The van der Waals surface area contributed by atoms with Crippen molar-refractivity contribution in [3.05, 3.63) is 94.5 Å². The van der Waals surface area contributed by atoms with Crippen LogP contribution >= 0.6 is 11.6 Å². The Morgan fingerprint density at radius 3 is 2.09 bits per heavy atom. The minimum absolute atomic E-state index is 0.0529. The first-order valence-corrected chi connectivity index (χ1v) is 11.6. The summed E-state index contributed by atoms with van der Waals surface area (Å²) < 4.78 is 5.47. The molecule has 3 N–H and O–H groups in total. The number of fused-ring (bicyclic) bond motifs is 3. The van der Waals surface area contributed by atoms with Gasteiger partial charge in [-0.25, -0.2) is 4.79 Å². The highest BCUT2D eigenvalue weighted by Gasteiger charge is 2.30. The predicted molar refractivity (Wildman–Crippen MR) is 132 cm³/mol. The van der Waals surface area contributed by atoms with E-state index in [4.69, 9.17) is 16.3 Å². The zero-order valence-electron chi connectivity index (χ0n) is 19.0. The third-order valence-electron chi connectivity index (χ3n) is 6.06. The molecule has 0 fully saturated rings. The van der Waals surface area contributed by atoms with Gasteiger partial charge in [0, 0.05) is 10.9 Å². The van der Waals surface area contributed by atoms with Gasteiger partial charge in [-0.2, -0.15) is 0 Å². The van der Waals surface area contributed by atoms with Gasteiger partial charge < -0.3 is 20.5 Å². The molecule has 1 aliphatic rings. The number of halogens is 1. The van der Waals surface area contributed by atoms with Gasteiger partial charge in [0.25, 0.3) is 0 Å². The Bertz CT molecular complexity index is 1220. The number of aliphatic carboxylic acids is 1. The van der Waals surface area contributed by atoms with Gasteiger partial charge in [0.1, 0.15) is 12.6 Å². The lowest BCUT2D eigenvalue weighted by Crippen LogP contribution is -2.48. The van der Waals surface area contributed by atoms with Crippen LogP contribution in [0.25, 0.3) is 11.1 Å². The second-order valence-corrected chi connectivity index (χ2v) is 8.78. The standard InChI is InChI=1S/C27H25ClN2O5/c1-16(17-8-6-7-13-23(17)28)29-26(33)24(14-25(31)32)30-27(34)35-15-22-20-11-4-2-9-18(20)19-10-3-5-12-21(19)22/h2-13,16,22,24H,14-15H2,1H3,(H,29,33)(H,30,34)(H,31,32)/t16-,24?/m1/s1. The zero-order chi connectivity index (χ0) is 24.9. The van der Waals surface area contributed by atoms with Crippen LogP contribution in [0, 0.1) is 0 Å². The highest BCUT2D eigenvalue weighted by atomic mass is 35.5. The summed E-state index contributed by atoms with van der Waals surface area (Å²) >= 11 is 6.19. The van der Waals surface area contributed by atoms with E-state index in [9.17, 15) is 19.5 Å². The fourth-order valence-electron chi connectivity index (χ4n) is 4.38. The Labute approximate surface area is 208 Å². The molecule has 35 heavy (non-hydrogen) atoms. The molecule has 0 bridgehead atoms. The second-order valence-electron chi connectivity index (χ2n) is 8.37. The van der Waals surface area contributed by atoms with Gasteiger partial charge in [-0.1, -0.05) is 78.3 Å². The molecule has 3 aromatic rings. The van der Waals surface area contributed by atoms with E-state index in [0.29, 0.717) is 10.6 Å². The van der Waals surface area contributed by atoms with Crippen LogP contribution in [0.3, 0.4) is 0 Å². The van der Waals surface area contributed by atoms with Crippen LogP contribution in [0.2, 0.25) is 5.02 Å². The first kappa shape index (κ1) is 24.3. The number of benzene rings is 3. The number of hydrogen-bond acceptors (Lipinski definition) is 4. The zero-order valence-corrected chi connectivity index (χ0v) is 19.8. The van der Waals surface area contributed by atoms with E-state index in [1.54, 1.807) is 31.2 Å². The number of hydrogen-bond donors (Lipinski definition) is 3. The maximum Gasteiger partial charge on any atom is 0.407 e. The molecule has 1 unspecified atom stereocenters. The van der Waals surface area contributed by atoms with Crippen LogP contribution in [0.4, 0.5) is 4.79 Å². The van der Waals surface area contributed by atoms with Crippen LogP contribution in [-0.2, 0) is 14.3 Å². The molecule has 0 spiro atoms. The SMILES string of the molecule is C[C@@H](NC(=O)C(CC(=O)O)NC(=O)OCC1c2ccccc2-c2ccccc21)c1ccccc1Cl. The smallest absolute Gasteiger partial charge is 0.407 e. The quantitative estimate of drug-likeness (QED) is 0.415. The Morgan fingerprint density at radius 2 is 1.49 bits per heavy atom. The van der Waals surface area contributed by atoms with E-state index >= 15 is 0 Å². The number of alkyl carbamates (subject to hydrolysis) is 1. The number of carbonyl (C=O) groups excluding carboxylic acids is 2. The highest BCUT2D eigenvalue weighted by molar-refractivity contribution is 6.31.